The molecule has 0 aliphatic carbocycles. The number of rotatable bonds is 18. The van der Waals surface area contributed by atoms with Gasteiger partial charge in [-0.2, -0.15) is 0 Å². The molecule has 0 aromatic rings. The zero-order chi connectivity index (χ0) is 28.8. The SMILES string of the molecule is CCCCCCC(C)(C)C(=O)[O-].CCCCCCC(C)(C)C(=O)[O-].CCCCCCC(C)(C)C(=O)[O-].[Ce+3]. The van der Waals surface area contributed by atoms with Crippen LogP contribution < -0.4 is 15.3 Å². The smallest absolute Gasteiger partial charge is 0.550 e. The predicted molar refractivity (Wildman–Crippen MR) is 143 cm³/mol. The first kappa shape index (κ1) is 43.8. The Morgan fingerprint density at radius 2 is 0.622 bits per heavy atom. The molecule has 0 atom stereocenters. The summed E-state index contributed by atoms with van der Waals surface area (Å²) in [7, 11) is 0. The van der Waals surface area contributed by atoms with Crippen LogP contribution in [0.15, 0.2) is 0 Å². The Hall–Kier alpha value is -0.213. The number of carbonyl (C=O) groups is 3. The second-order valence-corrected chi connectivity index (χ2v) is 11.9. The number of aliphatic carboxylic acids is 3. The van der Waals surface area contributed by atoms with Crippen LogP contribution in [0.25, 0.3) is 0 Å². The van der Waals surface area contributed by atoms with Gasteiger partial charge in [0.25, 0.3) is 0 Å². The van der Waals surface area contributed by atoms with Crippen molar-refractivity contribution in [3.63, 3.8) is 0 Å². The third-order valence-electron chi connectivity index (χ3n) is 6.62. The summed E-state index contributed by atoms with van der Waals surface area (Å²) in [4.78, 5) is 31.7. The van der Waals surface area contributed by atoms with Crippen molar-refractivity contribution < 1.29 is 71.5 Å². The first-order valence-corrected chi connectivity index (χ1v) is 14.2. The van der Waals surface area contributed by atoms with Crippen LogP contribution in [0.2, 0.25) is 0 Å². The summed E-state index contributed by atoms with van der Waals surface area (Å²) in [5.74, 6) is -2.79. The van der Waals surface area contributed by atoms with Crippen LogP contribution in [0.3, 0.4) is 0 Å². The maximum Gasteiger partial charge on any atom is 3.00 e. The molecule has 0 aliphatic heterocycles. The van der Waals surface area contributed by atoms with Gasteiger partial charge in [0.05, 0.1) is 0 Å². The number of unbranched alkanes of at least 4 members (excludes halogenated alkanes) is 9. The van der Waals surface area contributed by atoms with Gasteiger partial charge in [-0.15, -0.1) is 0 Å². The Morgan fingerprint density at radius 3 is 0.757 bits per heavy atom. The molecule has 0 aromatic heterocycles. The van der Waals surface area contributed by atoms with E-state index in [0.29, 0.717) is 0 Å². The molecule has 0 aliphatic rings. The van der Waals surface area contributed by atoms with E-state index in [1.807, 2.05) is 0 Å². The number of carboxylic acids is 3. The fourth-order valence-electron chi connectivity index (χ4n) is 3.29. The van der Waals surface area contributed by atoms with Gasteiger partial charge in [-0.3, -0.25) is 0 Å². The normalized spacial score (nSPS) is 11.3. The molecule has 1 radical (unpaired) electrons. The molecule has 0 spiro atoms. The van der Waals surface area contributed by atoms with E-state index >= 15 is 0 Å². The summed E-state index contributed by atoms with van der Waals surface area (Å²) in [5, 5.41) is 31.7. The minimum Gasteiger partial charge on any atom is -0.550 e. The largest absolute Gasteiger partial charge is 3.00 e. The van der Waals surface area contributed by atoms with Crippen LogP contribution in [0.1, 0.15) is 159 Å². The quantitative estimate of drug-likeness (QED) is 0.188. The van der Waals surface area contributed by atoms with Crippen LogP contribution in [0.5, 0.6) is 0 Å². The van der Waals surface area contributed by atoms with Gasteiger partial charge in [0.1, 0.15) is 0 Å². The van der Waals surface area contributed by atoms with Gasteiger partial charge in [0.15, 0.2) is 0 Å². The fourth-order valence-corrected chi connectivity index (χ4v) is 3.29. The second-order valence-electron chi connectivity index (χ2n) is 11.9. The molecule has 0 rings (SSSR count). The molecule has 0 saturated carbocycles. The van der Waals surface area contributed by atoms with Crippen molar-refractivity contribution in [2.45, 2.75) is 159 Å². The zero-order valence-electron chi connectivity index (χ0n) is 25.6. The van der Waals surface area contributed by atoms with E-state index in [1.54, 1.807) is 41.5 Å². The molecular weight excluding hydrogens is 596 g/mol. The summed E-state index contributed by atoms with van der Waals surface area (Å²) in [6.45, 7) is 16.8. The summed E-state index contributed by atoms with van der Waals surface area (Å²) >= 11 is 0. The standard InChI is InChI=1S/3C10H20O2.Ce/c3*1-4-5-6-7-8-10(2,3)9(11)12;/h3*4-8H2,1-3H3,(H,11,12);/q;;;+3/p-3. The Balaban J connectivity index is -0.000000218. The third-order valence-corrected chi connectivity index (χ3v) is 6.62. The van der Waals surface area contributed by atoms with Gasteiger partial charge in [0, 0.05) is 34.2 Å². The molecule has 0 heterocycles. The van der Waals surface area contributed by atoms with Gasteiger partial charge in [-0.1, -0.05) is 139 Å². The first-order valence-electron chi connectivity index (χ1n) is 14.2. The molecule has 37 heavy (non-hydrogen) atoms. The summed E-state index contributed by atoms with van der Waals surface area (Å²) in [6, 6.07) is 0. The van der Waals surface area contributed by atoms with Crippen LogP contribution >= 0.6 is 0 Å². The van der Waals surface area contributed by atoms with E-state index in [2.05, 4.69) is 20.8 Å². The summed E-state index contributed by atoms with van der Waals surface area (Å²) in [5.41, 5.74) is -1.94. The predicted octanol–water partition coefficient (Wildman–Crippen LogP) is 5.20. The molecule has 0 unspecified atom stereocenters. The van der Waals surface area contributed by atoms with Gasteiger partial charge >= 0.3 is 41.7 Å². The van der Waals surface area contributed by atoms with E-state index in [1.165, 1.54) is 38.5 Å². The minimum atomic E-state index is -0.931. The van der Waals surface area contributed by atoms with Gasteiger partial charge in [-0.05, 0) is 19.3 Å². The van der Waals surface area contributed by atoms with E-state index in [-0.39, 0.29) is 41.7 Å². The van der Waals surface area contributed by atoms with Crippen LogP contribution in [-0.2, 0) is 14.4 Å². The number of carbonyl (C=O) groups excluding carboxylic acids is 3. The third kappa shape index (κ3) is 27.2. The monoisotopic (exact) mass is 653 g/mol. The molecule has 7 heteroatoms. The summed E-state index contributed by atoms with van der Waals surface area (Å²) < 4.78 is 0. The van der Waals surface area contributed by atoms with E-state index in [9.17, 15) is 29.7 Å². The molecule has 0 amide bonds. The van der Waals surface area contributed by atoms with Crippen LogP contribution in [0, 0.1) is 58.0 Å². The number of hydrogen-bond donors (Lipinski definition) is 0. The van der Waals surface area contributed by atoms with Crippen LogP contribution in [0.4, 0.5) is 0 Å². The van der Waals surface area contributed by atoms with E-state index in [0.717, 1.165) is 57.8 Å². The Bertz CT molecular complexity index is 504. The van der Waals surface area contributed by atoms with Crippen molar-refractivity contribution in [2.75, 3.05) is 0 Å². The molecule has 217 valence electrons. The first-order chi connectivity index (χ1) is 16.5. The van der Waals surface area contributed by atoms with Crippen molar-refractivity contribution in [1.29, 1.82) is 0 Å². The molecule has 0 saturated heterocycles. The Kier molecular flexibility index (Phi) is 29.4. The Morgan fingerprint density at radius 1 is 0.432 bits per heavy atom. The average molecular weight is 654 g/mol. The van der Waals surface area contributed by atoms with Gasteiger partial charge < -0.3 is 29.7 Å². The van der Waals surface area contributed by atoms with Crippen LogP contribution in [-0.4, -0.2) is 17.9 Å². The number of hydrogen-bond acceptors (Lipinski definition) is 6. The topological polar surface area (TPSA) is 120 Å². The van der Waals surface area contributed by atoms with E-state index < -0.39 is 34.2 Å². The molecule has 0 bridgehead atoms. The maximum atomic E-state index is 10.6. The molecule has 0 N–H and O–H groups in total. The van der Waals surface area contributed by atoms with Gasteiger partial charge in [0.2, 0.25) is 0 Å². The maximum absolute atomic E-state index is 10.6. The Labute approximate surface area is 262 Å². The molecule has 0 aromatic carbocycles. The molecule has 0 fully saturated rings. The van der Waals surface area contributed by atoms with Crippen molar-refractivity contribution >= 4 is 17.9 Å². The minimum absolute atomic E-state index is 0. The number of carboxylic acid groups (broad SMARTS) is 3. The van der Waals surface area contributed by atoms with Gasteiger partial charge in [-0.25, -0.2) is 0 Å². The second kappa shape index (κ2) is 24.8. The average Bonchev–Trinajstić information content (AvgIpc) is 2.78. The zero-order valence-corrected chi connectivity index (χ0v) is 28.7. The fraction of sp³-hybridized carbons (Fsp3) is 0.900. The van der Waals surface area contributed by atoms with Crippen molar-refractivity contribution in [3.8, 4) is 0 Å². The molecule has 6 nitrogen and oxygen atoms in total. The van der Waals surface area contributed by atoms with Crippen molar-refractivity contribution in [1.82, 2.24) is 0 Å². The molecular formula is C30H57CeO6. The van der Waals surface area contributed by atoms with E-state index in [4.69, 9.17) is 0 Å². The van der Waals surface area contributed by atoms with Crippen molar-refractivity contribution in [3.05, 3.63) is 0 Å². The summed E-state index contributed by atoms with van der Waals surface area (Å²) in [6.07, 6.45) is 15.7. The van der Waals surface area contributed by atoms with Crippen molar-refractivity contribution in [2.24, 2.45) is 16.2 Å².